The molecule has 0 heterocycles. The Kier molecular flexibility index (Phi) is 5.86. The summed E-state index contributed by atoms with van der Waals surface area (Å²) in [7, 11) is -6.91. The molecule has 0 saturated carbocycles. The molecule has 4 aromatic rings. The molecule has 0 bridgehead atoms. The number of hydrogen-bond acceptors (Lipinski definition) is 3. The minimum absolute atomic E-state index is 0.0682. The zero-order valence-electron chi connectivity index (χ0n) is 16.5. The van der Waals surface area contributed by atoms with E-state index in [0.717, 1.165) is 15.9 Å². The molecule has 0 aliphatic heterocycles. The molecule has 0 atom stereocenters. The molecule has 0 saturated heterocycles. The Morgan fingerprint density at radius 1 is 0.613 bits per heavy atom. The van der Waals surface area contributed by atoms with E-state index >= 15 is 0 Å². The molecule has 6 heteroatoms. The summed E-state index contributed by atoms with van der Waals surface area (Å²) < 4.78 is 31.8. The van der Waals surface area contributed by atoms with Gasteiger partial charge in [0.05, 0.1) is 23.6 Å². The molecule has 0 fully saturated rings. The van der Waals surface area contributed by atoms with Crippen molar-refractivity contribution in [2.45, 2.75) is 4.90 Å². The highest BCUT2D eigenvalue weighted by atomic mass is 32.2. The Hall–Kier alpha value is -3.45. The maximum atomic E-state index is 13.5. The fourth-order valence-electron chi connectivity index (χ4n) is 3.43. The molecular weight excluding hydrogens is 423 g/mol. The monoisotopic (exact) mass is 442 g/mol. The van der Waals surface area contributed by atoms with E-state index in [1.165, 1.54) is 24.3 Å². The van der Waals surface area contributed by atoms with Crippen LogP contribution < -0.4 is 15.9 Å². The van der Waals surface area contributed by atoms with Gasteiger partial charge in [-0.15, -0.1) is 0 Å². The maximum absolute atomic E-state index is 13.5. The topological polar surface area (TPSA) is 70.3 Å². The molecule has 31 heavy (non-hydrogen) atoms. The highest BCUT2D eigenvalue weighted by molar-refractivity contribution is 7.99. The first-order valence-electron chi connectivity index (χ1n) is 9.62. The van der Waals surface area contributed by atoms with E-state index in [1.807, 2.05) is 97.1 Å². The minimum atomic E-state index is -4.02. The molecule has 4 rings (SSSR count). The van der Waals surface area contributed by atoms with Gasteiger partial charge in [0, 0.05) is 15.9 Å². The lowest BCUT2D eigenvalue weighted by atomic mass is 10.2. The number of benzene rings is 4. The van der Waals surface area contributed by atoms with Gasteiger partial charge in [-0.2, -0.15) is 17.8 Å². The highest BCUT2D eigenvalue weighted by Gasteiger charge is 2.31. The van der Waals surface area contributed by atoms with Crippen molar-refractivity contribution in [1.29, 1.82) is 5.26 Å². The van der Waals surface area contributed by atoms with Gasteiger partial charge in [0.15, 0.2) is 0 Å². The second-order valence-electron chi connectivity index (χ2n) is 6.83. The van der Waals surface area contributed by atoms with E-state index in [0.29, 0.717) is 5.56 Å². The lowest BCUT2D eigenvalue weighted by Crippen LogP contribution is -2.26. The smallest absolute Gasteiger partial charge is 0.199 e. The number of sulfonamides is 1. The summed E-state index contributed by atoms with van der Waals surface area (Å²) in [4.78, 5) is 0.0682. The third-order valence-electron chi connectivity index (χ3n) is 4.90. The first-order valence-corrected chi connectivity index (χ1v) is 12.8. The second kappa shape index (κ2) is 8.73. The van der Waals surface area contributed by atoms with Gasteiger partial charge >= 0.3 is 0 Å². The van der Waals surface area contributed by atoms with Gasteiger partial charge in [-0.1, -0.05) is 91.0 Å². The predicted octanol–water partition coefficient (Wildman–Crippen LogP) is 4.42. The van der Waals surface area contributed by atoms with Gasteiger partial charge in [0.1, 0.15) is 0 Å². The summed E-state index contributed by atoms with van der Waals surface area (Å²) in [6.45, 7) is 0. The van der Waals surface area contributed by atoms with Gasteiger partial charge < -0.3 is 0 Å². The number of rotatable bonds is 5. The lowest BCUT2D eigenvalue weighted by Gasteiger charge is -2.26. The first kappa shape index (κ1) is 20.8. The fourth-order valence-corrected chi connectivity index (χ4v) is 9.41. The molecule has 0 aliphatic rings. The number of hydrogen-bond donors (Lipinski definition) is 0. The normalized spacial score (nSPS) is 11.5. The van der Waals surface area contributed by atoms with E-state index in [4.69, 9.17) is 5.26 Å². The zero-order chi connectivity index (χ0) is 21.7. The Bertz CT molecular complexity index is 1280. The molecule has 0 aromatic heterocycles. The van der Waals surface area contributed by atoms with Gasteiger partial charge in [-0.05, 0) is 24.3 Å². The van der Waals surface area contributed by atoms with Crippen molar-refractivity contribution in [3.05, 3.63) is 121 Å². The van der Waals surface area contributed by atoms with Crippen LogP contribution in [-0.4, -0.2) is 8.42 Å². The van der Waals surface area contributed by atoms with Crippen LogP contribution >= 0.6 is 7.05 Å². The Morgan fingerprint density at radius 2 is 1.00 bits per heavy atom. The van der Waals surface area contributed by atoms with E-state index in [2.05, 4.69) is 4.15 Å². The largest absolute Gasteiger partial charge is 0.281 e. The molecule has 0 radical (unpaired) electrons. The summed E-state index contributed by atoms with van der Waals surface area (Å²) in [5.74, 6) is 0. The molecule has 4 aromatic carbocycles. The quantitative estimate of drug-likeness (QED) is 0.430. The standard InChI is InChI=1S/C25H19N2O2PS/c26-20-21-16-18-25(19-17-21)31(28,29)27-30(22-10-4-1-5-11-22,23-12-6-2-7-13-23)24-14-8-3-9-15-24/h1-19H. The highest BCUT2D eigenvalue weighted by Crippen LogP contribution is 2.48. The summed E-state index contributed by atoms with van der Waals surface area (Å²) in [6.07, 6.45) is 0. The maximum Gasteiger partial charge on any atom is 0.281 e. The summed E-state index contributed by atoms with van der Waals surface area (Å²) in [6, 6.07) is 36.6. The van der Waals surface area contributed by atoms with Crippen molar-refractivity contribution in [2.75, 3.05) is 0 Å². The molecule has 0 aliphatic carbocycles. The van der Waals surface area contributed by atoms with Crippen LogP contribution in [0.5, 0.6) is 0 Å². The summed E-state index contributed by atoms with van der Waals surface area (Å²) in [5, 5.41) is 11.6. The predicted molar refractivity (Wildman–Crippen MR) is 126 cm³/mol. The van der Waals surface area contributed by atoms with Crippen molar-refractivity contribution < 1.29 is 8.42 Å². The molecule has 0 amide bonds. The van der Waals surface area contributed by atoms with E-state index in [-0.39, 0.29) is 4.90 Å². The first-order chi connectivity index (χ1) is 15.1. The van der Waals surface area contributed by atoms with Crippen LogP contribution in [0.2, 0.25) is 0 Å². The second-order valence-corrected chi connectivity index (χ2v) is 11.7. The van der Waals surface area contributed by atoms with Crippen LogP contribution in [0.4, 0.5) is 0 Å². The number of nitrogens with zero attached hydrogens (tertiary/aromatic N) is 2. The molecule has 0 unspecified atom stereocenters. The average Bonchev–Trinajstić information content (AvgIpc) is 2.84. The van der Waals surface area contributed by atoms with Crippen LogP contribution in [0.1, 0.15) is 5.56 Å². The molecule has 0 N–H and O–H groups in total. The van der Waals surface area contributed by atoms with Crippen LogP contribution in [0.15, 0.2) is 124 Å². The molecule has 152 valence electrons. The van der Waals surface area contributed by atoms with Crippen LogP contribution in [-0.2, 0) is 10.0 Å². The van der Waals surface area contributed by atoms with E-state index in [1.54, 1.807) is 0 Å². The molecule has 0 spiro atoms. The minimum Gasteiger partial charge on any atom is -0.199 e. The van der Waals surface area contributed by atoms with E-state index < -0.39 is 17.1 Å². The van der Waals surface area contributed by atoms with Crippen LogP contribution in [0.25, 0.3) is 0 Å². The SMILES string of the molecule is N#Cc1ccc(S(=O)(=O)N=P(c2ccccc2)(c2ccccc2)c2ccccc2)cc1. The third-order valence-corrected chi connectivity index (χ3v) is 10.7. The third kappa shape index (κ3) is 4.09. The zero-order valence-corrected chi connectivity index (χ0v) is 18.2. The summed E-state index contributed by atoms with van der Waals surface area (Å²) in [5.41, 5.74) is 0.397. The van der Waals surface area contributed by atoms with Crippen molar-refractivity contribution in [1.82, 2.24) is 0 Å². The van der Waals surface area contributed by atoms with Crippen molar-refractivity contribution in [2.24, 2.45) is 4.15 Å². The van der Waals surface area contributed by atoms with Crippen molar-refractivity contribution >= 4 is 33.0 Å². The Labute approximate surface area is 182 Å². The van der Waals surface area contributed by atoms with Gasteiger partial charge in [0.25, 0.3) is 10.0 Å². The van der Waals surface area contributed by atoms with Crippen molar-refractivity contribution in [3.8, 4) is 6.07 Å². The van der Waals surface area contributed by atoms with Gasteiger partial charge in [0.2, 0.25) is 0 Å². The molecular formula is C25H19N2O2PS. The average molecular weight is 442 g/mol. The van der Waals surface area contributed by atoms with E-state index in [9.17, 15) is 8.42 Å². The Morgan fingerprint density at radius 3 is 1.35 bits per heavy atom. The fraction of sp³-hybridized carbons (Fsp3) is 0. The Balaban J connectivity index is 2.10. The van der Waals surface area contributed by atoms with Gasteiger partial charge in [-0.25, -0.2) is 0 Å². The van der Waals surface area contributed by atoms with Crippen molar-refractivity contribution in [3.63, 3.8) is 0 Å². The van der Waals surface area contributed by atoms with Crippen LogP contribution in [0.3, 0.4) is 0 Å². The number of nitriles is 1. The lowest BCUT2D eigenvalue weighted by molar-refractivity contribution is 0.598. The summed E-state index contributed by atoms with van der Waals surface area (Å²) >= 11 is 0. The van der Waals surface area contributed by atoms with Crippen LogP contribution in [0, 0.1) is 11.3 Å². The van der Waals surface area contributed by atoms with Gasteiger partial charge in [-0.3, -0.25) is 0 Å². The molecule has 4 nitrogen and oxygen atoms in total.